The fourth-order valence-corrected chi connectivity index (χ4v) is 2.02. The summed E-state index contributed by atoms with van der Waals surface area (Å²) in [5.41, 5.74) is 8.42. The van der Waals surface area contributed by atoms with Gasteiger partial charge in [0.2, 0.25) is 0 Å². The zero-order valence-electron chi connectivity index (χ0n) is 8.52. The van der Waals surface area contributed by atoms with E-state index in [1.54, 1.807) is 6.20 Å². The second kappa shape index (κ2) is 5.11. The SMILES string of the molecule is Nc1ccc(NCc2cccnn2)c(I)c1. The van der Waals surface area contributed by atoms with Crippen molar-refractivity contribution in [2.24, 2.45) is 0 Å². The standard InChI is InChI=1S/C11H11IN4/c12-10-6-8(13)3-4-11(10)14-7-9-2-1-5-15-16-9/h1-6,14H,7,13H2. The van der Waals surface area contributed by atoms with Crippen LogP contribution in [0.25, 0.3) is 0 Å². The van der Waals surface area contributed by atoms with Gasteiger partial charge in [0.1, 0.15) is 0 Å². The van der Waals surface area contributed by atoms with Crippen LogP contribution in [0.2, 0.25) is 0 Å². The number of nitrogens with one attached hydrogen (secondary N) is 1. The molecule has 2 rings (SSSR count). The second-order valence-electron chi connectivity index (χ2n) is 3.31. The molecular formula is C11H11IN4. The van der Waals surface area contributed by atoms with Crippen LogP contribution in [-0.4, -0.2) is 10.2 Å². The number of anilines is 2. The third-order valence-electron chi connectivity index (χ3n) is 2.08. The average Bonchev–Trinajstić information content (AvgIpc) is 2.29. The molecule has 0 atom stereocenters. The van der Waals surface area contributed by atoms with Gasteiger partial charge in [-0.1, -0.05) is 0 Å². The van der Waals surface area contributed by atoms with Crippen molar-refractivity contribution in [1.29, 1.82) is 0 Å². The second-order valence-corrected chi connectivity index (χ2v) is 4.47. The Labute approximate surface area is 107 Å². The summed E-state index contributed by atoms with van der Waals surface area (Å²) >= 11 is 2.25. The molecule has 0 aliphatic carbocycles. The Morgan fingerprint density at radius 1 is 1.31 bits per heavy atom. The van der Waals surface area contributed by atoms with Crippen molar-refractivity contribution in [2.75, 3.05) is 11.1 Å². The van der Waals surface area contributed by atoms with Crippen molar-refractivity contribution in [3.8, 4) is 0 Å². The van der Waals surface area contributed by atoms with E-state index in [2.05, 4.69) is 38.1 Å². The van der Waals surface area contributed by atoms with E-state index in [9.17, 15) is 0 Å². The number of nitrogens with two attached hydrogens (primary N) is 1. The quantitative estimate of drug-likeness (QED) is 0.671. The van der Waals surface area contributed by atoms with E-state index >= 15 is 0 Å². The first-order chi connectivity index (χ1) is 7.75. The molecule has 3 N–H and O–H groups in total. The highest BCUT2D eigenvalue weighted by molar-refractivity contribution is 14.1. The predicted octanol–water partition coefficient (Wildman–Crippen LogP) is 2.28. The molecule has 5 heteroatoms. The molecule has 0 aliphatic rings. The van der Waals surface area contributed by atoms with Crippen molar-refractivity contribution in [3.05, 3.63) is 45.8 Å². The molecule has 0 amide bonds. The molecule has 4 nitrogen and oxygen atoms in total. The monoisotopic (exact) mass is 326 g/mol. The molecule has 0 saturated heterocycles. The Hall–Kier alpha value is -1.37. The molecule has 1 heterocycles. The Morgan fingerprint density at radius 3 is 2.88 bits per heavy atom. The topological polar surface area (TPSA) is 63.8 Å². The first-order valence-electron chi connectivity index (χ1n) is 4.81. The molecule has 2 aromatic rings. The van der Waals surface area contributed by atoms with Crippen molar-refractivity contribution in [2.45, 2.75) is 6.54 Å². The van der Waals surface area contributed by atoms with Gasteiger partial charge >= 0.3 is 0 Å². The highest BCUT2D eigenvalue weighted by Gasteiger charge is 2.00. The van der Waals surface area contributed by atoms with Gasteiger partial charge in [-0.2, -0.15) is 10.2 Å². The lowest BCUT2D eigenvalue weighted by Gasteiger charge is -2.08. The Morgan fingerprint density at radius 2 is 2.19 bits per heavy atom. The molecule has 0 radical (unpaired) electrons. The van der Waals surface area contributed by atoms with Crippen LogP contribution in [0.3, 0.4) is 0 Å². The van der Waals surface area contributed by atoms with Gasteiger partial charge in [0.25, 0.3) is 0 Å². The minimum Gasteiger partial charge on any atom is -0.399 e. The first-order valence-corrected chi connectivity index (χ1v) is 5.89. The maximum absolute atomic E-state index is 5.68. The fourth-order valence-electron chi connectivity index (χ4n) is 1.29. The zero-order chi connectivity index (χ0) is 11.4. The number of hydrogen-bond acceptors (Lipinski definition) is 4. The van der Waals surface area contributed by atoms with Gasteiger partial charge in [0.05, 0.1) is 12.2 Å². The molecule has 1 aromatic carbocycles. The molecule has 16 heavy (non-hydrogen) atoms. The van der Waals surface area contributed by atoms with Crippen LogP contribution in [0, 0.1) is 3.57 Å². The van der Waals surface area contributed by atoms with Crippen LogP contribution in [0.15, 0.2) is 36.5 Å². The van der Waals surface area contributed by atoms with E-state index in [1.165, 1.54) is 0 Å². The predicted molar refractivity (Wildman–Crippen MR) is 72.9 cm³/mol. The van der Waals surface area contributed by atoms with Crippen LogP contribution in [0.4, 0.5) is 11.4 Å². The highest BCUT2D eigenvalue weighted by Crippen LogP contribution is 2.20. The molecule has 0 saturated carbocycles. The third-order valence-corrected chi connectivity index (χ3v) is 2.97. The Bertz CT molecular complexity index is 473. The minimum atomic E-state index is 0.660. The number of aromatic nitrogens is 2. The summed E-state index contributed by atoms with van der Waals surface area (Å²) in [6.45, 7) is 0.660. The number of halogens is 1. The largest absolute Gasteiger partial charge is 0.399 e. The summed E-state index contributed by atoms with van der Waals surface area (Å²) in [5, 5.41) is 11.1. The van der Waals surface area contributed by atoms with Crippen molar-refractivity contribution < 1.29 is 0 Å². The third kappa shape index (κ3) is 2.82. The van der Waals surface area contributed by atoms with Crippen LogP contribution >= 0.6 is 22.6 Å². The average molecular weight is 326 g/mol. The van der Waals surface area contributed by atoms with Crippen molar-refractivity contribution >= 4 is 34.0 Å². The molecule has 82 valence electrons. The number of rotatable bonds is 3. The summed E-state index contributed by atoms with van der Waals surface area (Å²) in [7, 11) is 0. The van der Waals surface area contributed by atoms with Crippen LogP contribution < -0.4 is 11.1 Å². The molecule has 0 unspecified atom stereocenters. The maximum atomic E-state index is 5.68. The van der Waals surface area contributed by atoms with E-state index in [1.807, 2.05) is 30.3 Å². The molecule has 0 bridgehead atoms. The van der Waals surface area contributed by atoms with Crippen LogP contribution in [0.1, 0.15) is 5.69 Å². The highest BCUT2D eigenvalue weighted by atomic mass is 127. The summed E-state index contributed by atoms with van der Waals surface area (Å²) in [6.07, 6.45) is 1.66. The van der Waals surface area contributed by atoms with E-state index in [0.717, 1.165) is 20.6 Å². The first kappa shape index (κ1) is 11.1. The normalized spacial score (nSPS) is 10.1. The summed E-state index contributed by atoms with van der Waals surface area (Å²) < 4.78 is 1.10. The van der Waals surface area contributed by atoms with Gasteiger partial charge in [0, 0.05) is 21.1 Å². The van der Waals surface area contributed by atoms with Gasteiger partial charge < -0.3 is 11.1 Å². The number of hydrogen-bond donors (Lipinski definition) is 2. The summed E-state index contributed by atoms with van der Waals surface area (Å²) in [4.78, 5) is 0. The molecule has 0 fully saturated rings. The lowest BCUT2D eigenvalue weighted by Crippen LogP contribution is -2.03. The van der Waals surface area contributed by atoms with E-state index in [4.69, 9.17) is 5.73 Å². The number of nitrogens with zero attached hydrogens (tertiary/aromatic N) is 2. The van der Waals surface area contributed by atoms with Gasteiger partial charge in [-0.25, -0.2) is 0 Å². The van der Waals surface area contributed by atoms with Gasteiger partial charge in [0.15, 0.2) is 0 Å². The number of nitrogen functional groups attached to an aromatic ring is 1. The van der Waals surface area contributed by atoms with Crippen molar-refractivity contribution in [1.82, 2.24) is 10.2 Å². The lowest BCUT2D eigenvalue weighted by molar-refractivity contribution is 0.924. The van der Waals surface area contributed by atoms with E-state index < -0.39 is 0 Å². The number of benzene rings is 1. The van der Waals surface area contributed by atoms with Crippen LogP contribution in [0.5, 0.6) is 0 Å². The zero-order valence-corrected chi connectivity index (χ0v) is 10.7. The van der Waals surface area contributed by atoms with E-state index in [0.29, 0.717) is 6.54 Å². The van der Waals surface area contributed by atoms with Crippen LogP contribution in [-0.2, 0) is 6.54 Å². The van der Waals surface area contributed by atoms with E-state index in [-0.39, 0.29) is 0 Å². The Balaban J connectivity index is 2.05. The minimum absolute atomic E-state index is 0.660. The fraction of sp³-hybridized carbons (Fsp3) is 0.0909. The molecular weight excluding hydrogens is 315 g/mol. The van der Waals surface area contributed by atoms with Gasteiger partial charge in [-0.15, -0.1) is 0 Å². The molecule has 0 spiro atoms. The maximum Gasteiger partial charge on any atom is 0.0821 e. The summed E-state index contributed by atoms with van der Waals surface area (Å²) in [6, 6.07) is 9.58. The van der Waals surface area contributed by atoms with Gasteiger partial charge in [-0.05, 0) is 52.9 Å². The molecule has 0 aliphatic heterocycles. The Kier molecular flexibility index (Phi) is 3.55. The summed E-state index contributed by atoms with van der Waals surface area (Å²) in [5.74, 6) is 0. The van der Waals surface area contributed by atoms with Gasteiger partial charge in [-0.3, -0.25) is 0 Å². The smallest absolute Gasteiger partial charge is 0.0821 e. The van der Waals surface area contributed by atoms with Crippen molar-refractivity contribution in [3.63, 3.8) is 0 Å². The molecule has 1 aromatic heterocycles. The lowest BCUT2D eigenvalue weighted by atomic mass is 10.3.